The summed E-state index contributed by atoms with van der Waals surface area (Å²) in [6.45, 7) is 3.34. The van der Waals surface area contributed by atoms with E-state index in [9.17, 15) is 8.78 Å². The Labute approximate surface area is 144 Å². The fourth-order valence-electron chi connectivity index (χ4n) is 3.80. The molecule has 1 unspecified atom stereocenters. The van der Waals surface area contributed by atoms with Crippen molar-refractivity contribution in [3.63, 3.8) is 0 Å². The van der Waals surface area contributed by atoms with Gasteiger partial charge in [0.25, 0.3) is 0 Å². The second-order valence-electron chi connectivity index (χ2n) is 7.01. The monoisotopic (exact) mass is 349 g/mol. The number of nitrogens with one attached hydrogen (secondary N) is 1. The third-order valence-corrected chi connectivity index (χ3v) is 5.04. The molecule has 2 aromatic rings. The second-order valence-corrected chi connectivity index (χ2v) is 7.01. The van der Waals surface area contributed by atoms with Gasteiger partial charge in [-0.1, -0.05) is 13.8 Å². The molecule has 3 atom stereocenters. The smallest absolute Gasteiger partial charge is 0.387 e. The normalized spacial score (nSPS) is 24.8. The molecule has 1 saturated heterocycles. The summed E-state index contributed by atoms with van der Waals surface area (Å²) in [4.78, 5) is 8.71. The maximum atomic E-state index is 12.5. The van der Waals surface area contributed by atoms with Crippen LogP contribution in [0.5, 0.6) is 5.75 Å². The highest BCUT2D eigenvalue weighted by atomic mass is 19.3. The minimum Gasteiger partial charge on any atom is -0.431 e. The molecule has 0 spiro atoms. The number of rotatable bonds is 5. The lowest BCUT2D eigenvalue weighted by atomic mass is 10.2. The molecule has 1 aliphatic heterocycles. The largest absolute Gasteiger partial charge is 0.431 e. The van der Waals surface area contributed by atoms with Gasteiger partial charge in [0.15, 0.2) is 11.6 Å². The van der Waals surface area contributed by atoms with Gasteiger partial charge >= 0.3 is 6.61 Å². The second kappa shape index (κ2) is 5.94. The predicted molar refractivity (Wildman–Crippen MR) is 89.5 cm³/mol. The van der Waals surface area contributed by atoms with E-state index in [0.29, 0.717) is 29.1 Å². The SMILES string of the molecule is CC(C)c1nc(-c2cnc(N)c(OC(F)F)c2)cn1C1[C@H]2CNC[C@@H]12. The minimum absolute atomic E-state index is 0.0598. The number of nitrogen functional groups attached to an aromatic ring is 1. The van der Waals surface area contributed by atoms with Crippen LogP contribution < -0.4 is 15.8 Å². The lowest BCUT2D eigenvalue weighted by molar-refractivity contribution is -0.0494. The number of alkyl halides is 2. The van der Waals surface area contributed by atoms with Gasteiger partial charge in [0, 0.05) is 43.0 Å². The van der Waals surface area contributed by atoms with E-state index in [-0.39, 0.29) is 17.5 Å². The van der Waals surface area contributed by atoms with Crippen molar-refractivity contribution in [3.05, 3.63) is 24.3 Å². The first-order chi connectivity index (χ1) is 12.0. The Hall–Kier alpha value is -2.22. The molecule has 134 valence electrons. The first-order valence-electron chi connectivity index (χ1n) is 8.46. The van der Waals surface area contributed by atoms with E-state index >= 15 is 0 Å². The van der Waals surface area contributed by atoms with E-state index in [1.54, 1.807) is 6.20 Å². The van der Waals surface area contributed by atoms with Crippen molar-refractivity contribution < 1.29 is 13.5 Å². The van der Waals surface area contributed by atoms with Crippen molar-refractivity contribution >= 4 is 5.82 Å². The Morgan fingerprint density at radius 2 is 2.04 bits per heavy atom. The molecule has 8 heteroatoms. The molecule has 6 nitrogen and oxygen atoms in total. The van der Waals surface area contributed by atoms with Crippen molar-refractivity contribution in [2.24, 2.45) is 11.8 Å². The Bertz CT molecular complexity index is 781. The van der Waals surface area contributed by atoms with Gasteiger partial charge in [-0.15, -0.1) is 0 Å². The number of fused-ring (bicyclic) bond motifs is 1. The fourth-order valence-corrected chi connectivity index (χ4v) is 3.80. The van der Waals surface area contributed by atoms with Crippen LogP contribution in [0.15, 0.2) is 18.5 Å². The number of anilines is 1. The van der Waals surface area contributed by atoms with Gasteiger partial charge in [-0.2, -0.15) is 8.78 Å². The molecule has 4 rings (SSSR count). The molecule has 1 saturated carbocycles. The van der Waals surface area contributed by atoms with Gasteiger partial charge in [0.05, 0.1) is 5.69 Å². The Balaban J connectivity index is 1.69. The number of piperidine rings is 1. The third-order valence-electron chi connectivity index (χ3n) is 5.04. The summed E-state index contributed by atoms with van der Waals surface area (Å²) in [5.41, 5.74) is 6.94. The summed E-state index contributed by atoms with van der Waals surface area (Å²) < 4.78 is 31.7. The van der Waals surface area contributed by atoms with Gasteiger partial charge in [-0.05, 0) is 17.9 Å². The number of aromatic nitrogens is 3. The number of hydrogen-bond donors (Lipinski definition) is 2. The average molecular weight is 349 g/mol. The molecule has 0 bridgehead atoms. The minimum atomic E-state index is -2.94. The third kappa shape index (κ3) is 2.84. The van der Waals surface area contributed by atoms with Crippen LogP contribution in [-0.2, 0) is 0 Å². The summed E-state index contributed by atoms with van der Waals surface area (Å²) >= 11 is 0. The highest BCUT2D eigenvalue weighted by molar-refractivity contribution is 5.64. The molecular formula is C17H21F2N5O. The number of halogens is 2. The summed E-state index contributed by atoms with van der Waals surface area (Å²) in [5.74, 6) is 2.39. The van der Waals surface area contributed by atoms with Gasteiger partial charge in [-0.25, -0.2) is 9.97 Å². The molecule has 0 aromatic carbocycles. The highest BCUT2D eigenvalue weighted by Crippen LogP contribution is 2.53. The highest BCUT2D eigenvalue weighted by Gasteiger charge is 2.54. The standard InChI is InChI=1S/C17H21F2N5O/c1-8(2)16-23-12(7-24(16)14-10-5-21-6-11(10)14)9-3-13(25-17(18)19)15(20)22-4-9/h3-4,7-8,10-11,14,17,21H,5-6H2,1-2H3,(H2,20,22)/t10-,11+,14?. The van der Waals surface area contributed by atoms with Gasteiger partial charge in [-0.3, -0.25) is 0 Å². The molecule has 3 heterocycles. The first-order valence-corrected chi connectivity index (χ1v) is 8.46. The molecule has 3 N–H and O–H groups in total. The van der Waals surface area contributed by atoms with Gasteiger partial charge in [0.2, 0.25) is 0 Å². The van der Waals surface area contributed by atoms with E-state index in [0.717, 1.165) is 18.9 Å². The average Bonchev–Trinajstić information content (AvgIpc) is 2.94. The molecule has 25 heavy (non-hydrogen) atoms. The topological polar surface area (TPSA) is 78.0 Å². The fraction of sp³-hybridized carbons (Fsp3) is 0.529. The van der Waals surface area contributed by atoms with Crippen LogP contribution in [0.4, 0.5) is 14.6 Å². The number of hydrogen-bond acceptors (Lipinski definition) is 5. The zero-order chi connectivity index (χ0) is 17.7. The molecular weight excluding hydrogens is 328 g/mol. The molecule has 0 radical (unpaired) electrons. The quantitative estimate of drug-likeness (QED) is 0.868. The van der Waals surface area contributed by atoms with Crippen LogP contribution in [0.2, 0.25) is 0 Å². The van der Waals surface area contributed by atoms with E-state index in [2.05, 4.69) is 33.5 Å². The Kier molecular flexibility index (Phi) is 3.87. The van der Waals surface area contributed by atoms with Crippen molar-refractivity contribution in [3.8, 4) is 17.0 Å². The zero-order valence-corrected chi connectivity index (χ0v) is 14.1. The summed E-state index contributed by atoms with van der Waals surface area (Å²) in [5, 5.41) is 3.40. The van der Waals surface area contributed by atoms with Gasteiger partial charge in [0.1, 0.15) is 5.82 Å². The van der Waals surface area contributed by atoms with Crippen LogP contribution in [-0.4, -0.2) is 34.2 Å². The Morgan fingerprint density at radius 1 is 1.32 bits per heavy atom. The predicted octanol–water partition coefficient (Wildman–Crippen LogP) is 2.64. The number of imidazole rings is 1. The number of nitrogens with zero attached hydrogens (tertiary/aromatic N) is 3. The summed E-state index contributed by atoms with van der Waals surface area (Å²) in [6.07, 6.45) is 3.54. The lowest BCUT2D eigenvalue weighted by Gasteiger charge is -2.12. The zero-order valence-electron chi connectivity index (χ0n) is 14.1. The summed E-state index contributed by atoms with van der Waals surface area (Å²) in [6, 6.07) is 1.94. The van der Waals surface area contributed by atoms with E-state index < -0.39 is 6.61 Å². The van der Waals surface area contributed by atoms with E-state index in [1.165, 1.54) is 6.07 Å². The van der Waals surface area contributed by atoms with Crippen LogP contribution >= 0.6 is 0 Å². The lowest BCUT2D eigenvalue weighted by Crippen LogP contribution is -2.17. The Morgan fingerprint density at radius 3 is 2.68 bits per heavy atom. The van der Waals surface area contributed by atoms with Gasteiger partial charge < -0.3 is 20.4 Å². The maximum absolute atomic E-state index is 12.5. The first kappa shape index (κ1) is 16.3. The molecule has 1 aliphatic carbocycles. The van der Waals surface area contributed by atoms with Crippen LogP contribution in [0, 0.1) is 11.8 Å². The molecule has 2 aromatic heterocycles. The van der Waals surface area contributed by atoms with E-state index in [1.807, 2.05) is 6.20 Å². The number of pyridine rings is 1. The molecule has 0 amide bonds. The molecule has 2 aliphatic rings. The van der Waals surface area contributed by atoms with E-state index in [4.69, 9.17) is 10.7 Å². The van der Waals surface area contributed by atoms with Crippen LogP contribution in [0.25, 0.3) is 11.3 Å². The number of nitrogens with two attached hydrogens (primary N) is 1. The van der Waals surface area contributed by atoms with Crippen LogP contribution in [0.3, 0.4) is 0 Å². The molecule has 2 fully saturated rings. The van der Waals surface area contributed by atoms with Crippen LogP contribution in [0.1, 0.15) is 31.6 Å². The maximum Gasteiger partial charge on any atom is 0.387 e. The van der Waals surface area contributed by atoms with Crippen molar-refractivity contribution in [2.75, 3.05) is 18.8 Å². The van der Waals surface area contributed by atoms with Crippen molar-refractivity contribution in [1.29, 1.82) is 0 Å². The number of ether oxygens (including phenoxy) is 1. The van der Waals surface area contributed by atoms with Crippen molar-refractivity contribution in [2.45, 2.75) is 32.4 Å². The summed E-state index contributed by atoms with van der Waals surface area (Å²) in [7, 11) is 0. The van der Waals surface area contributed by atoms with Crippen molar-refractivity contribution in [1.82, 2.24) is 19.9 Å².